The van der Waals surface area contributed by atoms with Crippen LogP contribution < -0.4 is 4.90 Å². The topological polar surface area (TPSA) is 41.9 Å². The molecule has 1 aromatic heterocycles. The Kier molecular flexibility index (Phi) is 4.71. The first-order valence-electron chi connectivity index (χ1n) is 12.6. The number of anilines is 1. The molecule has 4 atom stereocenters. The molecular formula is C30H28N4. The standard InChI is InChI=1S/C30H28N4/c1-3-8-20(9-4-1)28-31-29(21-10-5-2-6-11-21)33-30(32-28)23-12-7-13-25(17-23)34-26-15-14-22-16-27(34)19-24(22)18-26/h1-13,17,22,24,26-27H,14-16,18-19H2. The van der Waals surface area contributed by atoms with Gasteiger partial charge in [0.15, 0.2) is 17.5 Å². The Morgan fingerprint density at radius 1 is 0.529 bits per heavy atom. The molecule has 2 saturated carbocycles. The normalized spacial score (nSPS) is 25.0. The summed E-state index contributed by atoms with van der Waals surface area (Å²) in [5, 5.41) is 0. The maximum atomic E-state index is 4.94. The van der Waals surface area contributed by atoms with Gasteiger partial charge in [-0.25, -0.2) is 15.0 Å². The summed E-state index contributed by atoms with van der Waals surface area (Å²) in [4.78, 5) is 17.5. The van der Waals surface area contributed by atoms with Crippen LogP contribution in [0.15, 0.2) is 84.9 Å². The summed E-state index contributed by atoms with van der Waals surface area (Å²) in [7, 11) is 0. The number of nitrogens with zero attached hydrogens (tertiary/aromatic N) is 4. The van der Waals surface area contributed by atoms with Gasteiger partial charge in [-0.1, -0.05) is 72.8 Å². The van der Waals surface area contributed by atoms with Crippen molar-refractivity contribution < 1.29 is 0 Å². The molecule has 4 aromatic rings. The first-order chi connectivity index (χ1) is 16.8. The lowest BCUT2D eigenvalue weighted by Crippen LogP contribution is -2.46. The van der Waals surface area contributed by atoms with Gasteiger partial charge in [-0.2, -0.15) is 0 Å². The lowest BCUT2D eigenvalue weighted by molar-refractivity contribution is 0.234. The predicted molar refractivity (Wildman–Crippen MR) is 136 cm³/mol. The van der Waals surface area contributed by atoms with E-state index in [1.54, 1.807) is 0 Å². The third-order valence-electron chi connectivity index (χ3n) is 8.15. The van der Waals surface area contributed by atoms with Crippen molar-refractivity contribution in [3.8, 4) is 34.2 Å². The molecule has 0 amide bonds. The smallest absolute Gasteiger partial charge is 0.164 e. The van der Waals surface area contributed by atoms with Crippen molar-refractivity contribution in [2.75, 3.05) is 4.90 Å². The number of piperidine rings is 1. The Morgan fingerprint density at radius 3 is 1.76 bits per heavy atom. The van der Waals surface area contributed by atoms with Crippen LogP contribution in [0.5, 0.6) is 0 Å². The molecule has 0 spiro atoms. The molecule has 0 radical (unpaired) electrons. The fraction of sp³-hybridized carbons (Fsp3) is 0.300. The average molecular weight is 445 g/mol. The monoisotopic (exact) mass is 444 g/mol. The molecular weight excluding hydrogens is 416 g/mol. The highest BCUT2D eigenvalue weighted by atomic mass is 15.2. The van der Waals surface area contributed by atoms with Crippen LogP contribution in [0.4, 0.5) is 5.69 Å². The quantitative estimate of drug-likeness (QED) is 0.354. The highest BCUT2D eigenvalue weighted by Crippen LogP contribution is 2.52. The number of rotatable bonds is 4. The molecule has 0 N–H and O–H groups in total. The van der Waals surface area contributed by atoms with Crippen LogP contribution in [0.1, 0.15) is 32.1 Å². The van der Waals surface area contributed by atoms with Gasteiger partial charge in [0.2, 0.25) is 0 Å². The Morgan fingerprint density at radius 2 is 1.09 bits per heavy atom. The summed E-state index contributed by atoms with van der Waals surface area (Å²) in [5.41, 5.74) is 4.40. The number of fused-ring (bicyclic) bond motifs is 2. The summed E-state index contributed by atoms with van der Waals surface area (Å²) < 4.78 is 0. The summed E-state index contributed by atoms with van der Waals surface area (Å²) in [6, 6.07) is 30.7. The summed E-state index contributed by atoms with van der Waals surface area (Å²) in [6.07, 6.45) is 6.86. The fourth-order valence-electron chi connectivity index (χ4n) is 6.64. The van der Waals surface area contributed by atoms with Crippen LogP contribution in [0.25, 0.3) is 34.2 Å². The van der Waals surface area contributed by atoms with Gasteiger partial charge in [0, 0.05) is 34.5 Å². The van der Waals surface area contributed by atoms with Crippen LogP contribution >= 0.6 is 0 Å². The largest absolute Gasteiger partial charge is 0.366 e. The first-order valence-corrected chi connectivity index (χ1v) is 12.6. The van der Waals surface area contributed by atoms with E-state index in [9.17, 15) is 0 Å². The van der Waals surface area contributed by atoms with Crippen molar-refractivity contribution >= 4 is 5.69 Å². The second kappa shape index (κ2) is 8.05. The zero-order valence-corrected chi connectivity index (χ0v) is 19.2. The van der Waals surface area contributed by atoms with E-state index in [0.29, 0.717) is 23.7 Å². The van der Waals surface area contributed by atoms with Gasteiger partial charge in [0.05, 0.1) is 0 Å². The molecule has 2 heterocycles. The van der Waals surface area contributed by atoms with E-state index in [4.69, 9.17) is 15.0 Å². The second-order valence-corrected chi connectivity index (χ2v) is 10.1. The van der Waals surface area contributed by atoms with Crippen molar-refractivity contribution in [3.63, 3.8) is 0 Å². The van der Waals surface area contributed by atoms with E-state index >= 15 is 0 Å². The molecule has 1 aliphatic heterocycles. The van der Waals surface area contributed by atoms with Crippen LogP contribution in [0.2, 0.25) is 0 Å². The van der Waals surface area contributed by atoms with Crippen LogP contribution in [0, 0.1) is 11.8 Å². The van der Waals surface area contributed by atoms with Gasteiger partial charge in [0.1, 0.15) is 0 Å². The summed E-state index contributed by atoms with van der Waals surface area (Å²) in [6.45, 7) is 0. The third kappa shape index (κ3) is 3.40. The van der Waals surface area contributed by atoms with Crippen LogP contribution in [-0.4, -0.2) is 27.0 Å². The van der Waals surface area contributed by atoms with E-state index in [1.807, 2.05) is 36.4 Å². The summed E-state index contributed by atoms with van der Waals surface area (Å²) >= 11 is 0. The van der Waals surface area contributed by atoms with Gasteiger partial charge < -0.3 is 4.90 Å². The van der Waals surface area contributed by atoms with Crippen molar-refractivity contribution in [2.45, 2.75) is 44.2 Å². The lowest BCUT2D eigenvalue weighted by atomic mass is 9.78. The van der Waals surface area contributed by atoms with Crippen molar-refractivity contribution in [1.82, 2.24) is 15.0 Å². The molecule has 3 aliphatic rings. The Hall–Kier alpha value is -3.53. The second-order valence-electron chi connectivity index (χ2n) is 10.1. The maximum absolute atomic E-state index is 4.94. The van der Waals surface area contributed by atoms with Gasteiger partial charge in [-0.3, -0.25) is 0 Å². The number of benzene rings is 3. The molecule has 34 heavy (non-hydrogen) atoms. The van der Waals surface area contributed by atoms with Gasteiger partial charge in [-0.05, 0) is 56.1 Å². The molecule has 4 heteroatoms. The van der Waals surface area contributed by atoms with Gasteiger partial charge in [0.25, 0.3) is 0 Å². The zero-order valence-electron chi connectivity index (χ0n) is 19.2. The molecule has 1 saturated heterocycles. The molecule has 168 valence electrons. The predicted octanol–water partition coefficient (Wildman–Crippen LogP) is 6.64. The Balaban J connectivity index is 1.32. The number of hydrogen-bond acceptors (Lipinski definition) is 4. The van der Waals surface area contributed by atoms with Crippen molar-refractivity contribution in [3.05, 3.63) is 84.9 Å². The highest BCUT2D eigenvalue weighted by molar-refractivity contribution is 5.69. The Labute approximate surface area is 200 Å². The van der Waals surface area contributed by atoms with E-state index in [1.165, 1.54) is 37.8 Å². The molecule has 3 fully saturated rings. The first kappa shape index (κ1) is 19.9. The van der Waals surface area contributed by atoms with Crippen LogP contribution in [-0.2, 0) is 0 Å². The SMILES string of the molecule is c1ccc(-c2nc(-c3ccccc3)nc(-c3cccc(N4C5CCC6CC4CC6C5)c3)n2)cc1. The minimum atomic E-state index is 0.691. The van der Waals surface area contributed by atoms with E-state index in [2.05, 4.69) is 53.4 Å². The van der Waals surface area contributed by atoms with Crippen molar-refractivity contribution in [1.29, 1.82) is 0 Å². The highest BCUT2D eigenvalue weighted by Gasteiger charge is 2.48. The molecule has 4 unspecified atom stereocenters. The van der Waals surface area contributed by atoms with Gasteiger partial charge in [-0.15, -0.1) is 0 Å². The molecule has 4 nitrogen and oxygen atoms in total. The minimum absolute atomic E-state index is 0.691. The maximum Gasteiger partial charge on any atom is 0.164 e. The van der Waals surface area contributed by atoms with E-state index in [0.717, 1.165) is 34.4 Å². The zero-order chi connectivity index (χ0) is 22.5. The molecule has 2 aliphatic carbocycles. The third-order valence-corrected chi connectivity index (χ3v) is 8.15. The molecule has 3 aromatic carbocycles. The lowest BCUT2D eigenvalue weighted by Gasteiger charge is -2.44. The average Bonchev–Trinajstić information content (AvgIpc) is 3.17. The number of aromatic nitrogens is 3. The van der Waals surface area contributed by atoms with Crippen LogP contribution in [0.3, 0.4) is 0 Å². The van der Waals surface area contributed by atoms with E-state index < -0.39 is 0 Å². The Bertz CT molecular complexity index is 1250. The fourth-order valence-corrected chi connectivity index (χ4v) is 6.64. The van der Waals surface area contributed by atoms with Crippen molar-refractivity contribution in [2.24, 2.45) is 11.8 Å². The molecule has 3 bridgehead atoms. The molecule has 7 rings (SSSR count). The minimum Gasteiger partial charge on any atom is -0.366 e. The number of hydrogen-bond donors (Lipinski definition) is 0. The van der Waals surface area contributed by atoms with E-state index in [-0.39, 0.29) is 0 Å². The van der Waals surface area contributed by atoms with Gasteiger partial charge >= 0.3 is 0 Å². The summed E-state index contributed by atoms with van der Waals surface area (Å²) in [5.74, 6) is 4.09.